The van der Waals surface area contributed by atoms with Gasteiger partial charge in [-0.1, -0.05) is 0 Å². The number of rotatable bonds is 12. The molecule has 0 aromatic rings. The van der Waals surface area contributed by atoms with Gasteiger partial charge in [0.1, 0.15) is 0 Å². The van der Waals surface area contributed by atoms with Crippen LogP contribution in [-0.2, 0) is 18.2 Å². The third-order valence-electron chi connectivity index (χ3n) is 3.69. The van der Waals surface area contributed by atoms with E-state index in [2.05, 4.69) is 11.8 Å². The van der Waals surface area contributed by atoms with Crippen LogP contribution < -0.4 is 0 Å². The fourth-order valence-electron chi connectivity index (χ4n) is 1.59. The van der Waals surface area contributed by atoms with Crippen LogP contribution in [0.1, 0.15) is 47.0 Å². The third kappa shape index (κ3) is 12.4. The summed E-state index contributed by atoms with van der Waals surface area (Å²) >= 11 is 0. The average molecular weight is 392 g/mol. The first-order valence-electron chi connectivity index (χ1n) is 8.12. The highest BCUT2D eigenvalue weighted by Gasteiger charge is 2.26. The minimum Gasteiger partial charge on any atom is -0.324 e. The molecule has 0 saturated heterocycles. The molecule has 2 unspecified atom stereocenters. The molecule has 0 fully saturated rings. The molecule has 2 atom stereocenters. The van der Waals surface area contributed by atoms with Gasteiger partial charge in [0, 0.05) is 10.8 Å². The number of hydrogen-bond donors (Lipinski definition) is 2. The van der Waals surface area contributed by atoms with Crippen LogP contribution in [0.5, 0.6) is 0 Å². The predicted octanol–water partition coefficient (Wildman–Crippen LogP) is 3.88. The van der Waals surface area contributed by atoms with E-state index in [9.17, 15) is 18.9 Å². The van der Waals surface area contributed by atoms with Gasteiger partial charge in [0.25, 0.3) is 0 Å². The third-order valence-corrected chi connectivity index (χ3v) is 6.44. The topological polar surface area (TPSA) is 93.1 Å². The summed E-state index contributed by atoms with van der Waals surface area (Å²) in [5, 5.41) is 0. The molecule has 2 N–H and O–H groups in total. The Kier molecular flexibility index (Phi) is 9.71. The second-order valence-corrected chi connectivity index (χ2v) is 11.3. The lowest BCUT2D eigenvalue weighted by molar-refractivity contribution is 0.207. The van der Waals surface area contributed by atoms with E-state index in [1.165, 1.54) is 0 Å². The van der Waals surface area contributed by atoms with E-state index in [4.69, 9.17) is 21.9 Å². The zero-order chi connectivity index (χ0) is 19.8. The Balaban J connectivity index is 4.09. The van der Waals surface area contributed by atoms with Crippen molar-refractivity contribution in [2.45, 2.75) is 47.0 Å². The molecule has 144 valence electrons. The smallest absolute Gasteiger partial charge is 0.324 e. The first kappa shape index (κ1) is 24.4. The van der Waals surface area contributed by atoms with Gasteiger partial charge in [-0.2, -0.15) is 0 Å². The molecule has 0 aromatic carbocycles. The molecule has 0 amide bonds. The highest BCUT2D eigenvalue weighted by molar-refractivity contribution is 7.53. The summed E-state index contributed by atoms with van der Waals surface area (Å²) < 4.78 is 33.7. The van der Waals surface area contributed by atoms with E-state index in [1.807, 2.05) is 0 Å². The lowest BCUT2D eigenvalue weighted by atomic mass is 9.92. The van der Waals surface area contributed by atoms with Gasteiger partial charge in [0.2, 0.25) is 0 Å². The van der Waals surface area contributed by atoms with E-state index >= 15 is 0 Å². The molecular weight excluding hydrogens is 362 g/mol. The summed E-state index contributed by atoms with van der Waals surface area (Å²) in [6.45, 7) is 7.14. The van der Waals surface area contributed by atoms with Gasteiger partial charge in [0.05, 0.1) is 25.5 Å². The number of hydrogen-bond acceptors (Lipinski definition) is 4. The number of terminal acetylenes is 2. The summed E-state index contributed by atoms with van der Waals surface area (Å²) in [6, 6.07) is 0. The van der Waals surface area contributed by atoms with Crippen LogP contribution in [0.2, 0.25) is 0 Å². The molecule has 0 aliphatic heterocycles. The van der Waals surface area contributed by atoms with E-state index in [0.29, 0.717) is 12.8 Å². The van der Waals surface area contributed by atoms with Crippen LogP contribution in [0.3, 0.4) is 0 Å². The maximum atomic E-state index is 11.9. The minimum atomic E-state index is -3.73. The highest BCUT2D eigenvalue weighted by Crippen LogP contribution is 2.46. The maximum absolute atomic E-state index is 11.9. The van der Waals surface area contributed by atoms with Crippen molar-refractivity contribution in [3.8, 4) is 24.7 Å². The highest BCUT2D eigenvalue weighted by atomic mass is 31.2. The standard InChI is InChI=1S/C17H30O6P2/c1-7-16(3,4)10-14-24(18,19)22-12-9-13-23-25(20,21)15-11-17(5,6)8-2/h1-2H,9-15H2,3-6H3,(H,18,19)(H,20,21). The van der Waals surface area contributed by atoms with Crippen LogP contribution in [-0.4, -0.2) is 35.3 Å². The van der Waals surface area contributed by atoms with Crippen molar-refractivity contribution >= 4 is 15.2 Å². The second-order valence-electron chi connectivity index (χ2n) is 7.30. The van der Waals surface area contributed by atoms with Gasteiger partial charge >= 0.3 is 15.2 Å². The van der Waals surface area contributed by atoms with Crippen LogP contribution in [0, 0.1) is 35.5 Å². The largest absolute Gasteiger partial charge is 0.328 e. The molecule has 0 spiro atoms. The second kappa shape index (κ2) is 9.94. The van der Waals surface area contributed by atoms with Gasteiger partial charge in [-0.05, 0) is 47.0 Å². The Morgan fingerprint density at radius 1 is 0.840 bits per heavy atom. The van der Waals surface area contributed by atoms with Crippen LogP contribution >= 0.6 is 15.2 Å². The molecule has 0 aliphatic rings. The zero-order valence-electron chi connectivity index (χ0n) is 15.5. The van der Waals surface area contributed by atoms with Gasteiger partial charge in [-0.15, -0.1) is 24.7 Å². The Bertz CT molecular complexity index is 545. The summed E-state index contributed by atoms with van der Waals surface area (Å²) in [4.78, 5) is 19.5. The molecule has 0 rings (SSSR count). The van der Waals surface area contributed by atoms with Crippen LogP contribution in [0.25, 0.3) is 0 Å². The average Bonchev–Trinajstić information content (AvgIpc) is 2.51. The van der Waals surface area contributed by atoms with Crippen molar-refractivity contribution in [3.05, 3.63) is 0 Å². The van der Waals surface area contributed by atoms with Crippen molar-refractivity contribution in [1.82, 2.24) is 0 Å². The van der Waals surface area contributed by atoms with E-state index < -0.39 is 26.0 Å². The van der Waals surface area contributed by atoms with Gasteiger partial charge < -0.3 is 18.8 Å². The molecule has 0 aromatic heterocycles. The Morgan fingerprint density at radius 2 is 1.16 bits per heavy atom. The molecule has 0 radical (unpaired) electrons. The SMILES string of the molecule is C#CC(C)(C)CCP(=O)(O)OCCCOP(=O)(O)CCC(C)(C)C#C. The van der Waals surface area contributed by atoms with Crippen molar-refractivity contribution in [1.29, 1.82) is 0 Å². The first-order valence-corrected chi connectivity index (χ1v) is 11.7. The Labute approximate surface area is 151 Å². The lowest BCUT2D eigenvalue weighted by Gasteiger charge is -2.20. The zero-order valence-corrected chi connectivity index (χ0v) is 17.3. The molecular formula is C17H30O6P2. The van der Waals surface area contributed by atoms with Crippen molar-refractivity contribution in [3.63, 3.8) is 0 Å². The monoisotopic (exact) mass is 392 g/mol. The minimum absolute atomic E-state index is 0.0370. The summed E-state index contributed by atoms with van der Waals surface area (Å²) in [5.41, 5.74) is -0.943. The van der Waals surface area contributed by atoms with Crippen molar-refractivity contribution < 1.29 is 28.0 Å². The first-order chi connectivity index (χ1) is 11.2. The Hall–Kier alpha value is -0.580. The summed E-state index contributed by atoms with van der Waals surface area (Å²) in [6.07, 6.45) is 11.6. The molecule has 8 heteroatoms. The van der Waals surface area contributed by atoms with E-state index in [1.54, 1.807) is 27.7 Å². The molecule has 25 heavy (non-hydrogen) atoms. The molecule has 0 aliphatic carbocycles. The van der Waals surface area contributed by atoms with Crippen molar-refractivity contribution in [2.24, 2.45) is 10.8 Å². The normalized spacial score (nSPS) is 17.1. The predicted molar refractivity (Wildman–Crippen MR) is 100 cm³/mol. The van der Waals surface area contributed by atoms with Crippen LogP contribution in [0.4, 0.5) is 0 Å². The van der Waals surface area contributed by atoms with Crippen molar-refractivity contribution in [2.75, 3.05) is 25.5 Å². The lowest BCUT2D eigenvalue weighted by Crippen LogP contribution is -2.12. The fraction of sp³-hybridized carbons (Fsp3) is 0.765. The summed E-state index contributed by atoms with van der Waals surface area (Å²) in [7, 11) is -7.45. The molecule has 0 bridgehead atoms. The molecule has 0 saturated carbocycles. The van der Waals surface area contributed by atoms with E-state index in [0.717, 1.165) is 0 Å². The molecule has 0 heterocycles. The van der Waals surface area contributed by atoms with E-state index in [-0.39, 0.29) is 32.0 Å². The van der Waals surface area contributed by atoms with Gasteiger partial charge in [0.15, 0.2) is 0 Å². The molecule has 6 nitrogen and oxygen atoms in total. The van der Waals surface area contributed by atoms with Crippen LogP contribution in [0.15, 0.2) is 0 Å². The quantitative estimate of drug-likeness (QED) is 0.297. The summed E-state index contributed by atoms with van der Waals surface area (Å²) in [5.74, 6) is 5.11. The van der Waals surface area contributed by atoms with Gasteiger partial charge in [-0.25, -0.2) is 0 Å². The van der Waals surface area contributed by atoms with Gasteiger partial charge in [-0.3, -0.25) is 9.13 Å². The maximum Gasteiger partial charge on any atom is 0.328 e. The fourth-order valence-corrected chi connectivity index (χ4v) is 4.36. The Morgan fingerprint density at radius 3 is 1.44 bits per heavy atom.